The summed E-state index contributed by atoms with van der Waals surface area (Å²) in [5.74, 6) is -1.04. The summed E-state index contributed by atoms with van der Waals surface area (Å²) in [7, 11) is 1.43. The van der Waals surface area contributed by atoms with Crippen molar-refractivity contribution in [2.24, 2.45) is 5.92 Å². The summed E-state index contributed by atoms with van der Waals surface area (Å²) in [6.45, 7) is -0.490. The topological polar surface area (TPSA) is 127 Å². The van der Waals surface area contributed by atoms with E-state index in [1.54, 1.807) is 0 Å². The van der Waals surface area contributed by atoms with Crippen molar-refractivity contribution in [2.75, 3.05) is 25.1 Å². The van der Waals surface area contributed by atoms with Crippen LogP contribution in [0.3, 0.4) is 0 Å². The highest BCUT2D eigenvalue weighted by atomic mass is 19.4. The fourth-order valence-electron chi connectivity index (χ4n) is 3.58. The number of nitrogens with zero attached hydrogens (tertiary/aromatic N) is 3. The van der Waals surface area contributed by atoms with Gasteiger partial charge in [-0.25, -0.2) is 14.7 Å². The number of hydrogen-bond donors (Lipinski definition) is 4. The van der Waals surface area contributed by atoms with Gasteiger partial charge in [-0.15, -0.1) is 0 Å². The minimum absolute atomic E-state index is 0.0197. The molecule has 0 bridgehead atoms. The minimum Gasteiger partial charge on any atom is -0.396 e. The van der Waals surface area contributed by atoms with Crippen LogP contribution in [-0.2, 0) is 10.9 Å². The lowest BCUT2D eigenvalue weighted by atomic mass is 9.81. The quantitative estimate of drug-likeness (QED) is 0.529. The smallest absolute Gasteiger partial charge is 0.396 e. The fourth-order valence-corrected chi connectivity index (χ4v) is 3.58. The van der Waals surface area contributed by atoms with E-state index in [1.165, 1.54) is 11.9 Å². The Labute approximate surface area is 163 Å². The largest absolute Gasteiger partial charge is 0.416 e. The number of aliphatic hydroxyl groups excluding tert-OH is 4. The maximum Gasteiger partial charge on any atom is 0.416 e. The van der Waals surface area contributed by atoms with Gasteiger partial charge >= 0.3 is 12.2 Å². The van der Waals surface area contributed by atoms with Crippen LogP contribution in [0.15, 0.2) is 18.3 Å². The molecule has 2 amide bonds. The third-order valence-corrected chi connectivity index (χ3v) is 5.24. The summed E-state index contributed by atoms with van der Waals surface area (Å²) in [5, 5.41) is 39.5. The van der Waals surface area contributed by atoms with Gasteiger partial charge in [-0.2, -0.15) is 13.2 Å². The first-order valence-electron chi connectivity index (χ1n) is 8.92. The van der Waals surface area contributed by atoms with Crippen LogP contribution in [0.25, 0.3) is 0 Å². The molecular weight excluding hydrogens is 399 g/mol. The van der Waals surface area contributed by atoms with E-state index in [0.717, 1.165) is 23.2 Å². The molecule has 1 saturated heterocycles. The summed E-state index contributed by atoms with van der Waals surface area (Å²) in [4.78, 5) is 18.5. The maximum absolute atomic E-state index is 13.0. The van der Waals surface area contributed by atoms with Gasteiger partial charge < -0.3 is 30.1 Å². The first kappa shape index (κ1) is 21.7. The fraction of sp³-hybridized carbons (Fsp3) is 0.647. The van der Waals surface area contributed by atoms with Crippen LogP contribution in [-0.4, -0.2) is 87.2 Å². The maximum atomic E-state index is 13.0. The SMILES string of the molecule is CN1C[C@@H](O[C@H]2C[C@H](CO)[C@@H](O)[C@H](O)[C@H]2O)N(c2cc(C(F)(F)F)ccn2)C1=O. The molecule has 2 aliphatic rings. The number of anilines is 1. The normalized spacial score (nSPS) is 33.4. The van der Waals surface area contributed by atoms with E-state index in [2.05, 4.69) is 4.98 Å². The molecule has 2 fully saturated rings. The number of halogens is 3. The Morgan fingerprint density at radius 3 is 2.55 bits per heavy atom. The average molecular weight is 421 g/mol. The van der Waals surface area contributed by atoms with Crippen molar-refractivity contribution in [2.45, 2.75) is 43.2 Å². The predicted molar refractivity (Wildman–Crippen MR) is 91.6 cm³/mol. The first-order chi connectivity index (χ1) is 13.5. The summed E-state index contributed by atoms with van der Waals surface area (Å²) in [5.41, 5.74) is -0.986. The molecule has 0 aromatic carbocycles. The van der Waals surface area contributed by atoms with Gasteiger partial charge in [0.25, 0.3) is 0 Å². The molecule has 0 unspecified atom stereocenters. The van der Waals surface area contributed by atoms with E-state index in [4.69, 9.17) is 4.74 Å². The lowest BCUT2D eigenvalue weighted by Gasteiger charge is -2.41. The minimum atomic E-state index is -4.63. The highest BCUT2D eigenvalue weighted by Gasteiger charge is 2.47. The Balaban J connectivity index is 1.86. The van der Waals surface area contributed by atoms with Crippen LogP contribution in [0.5, 0.6) is 0 Å². The molecule has 6 atom stereocenters. The Morgan fingerprint density at radius 1 is 1.24 bits per heavy atom. The average Bonchev–Trinajstić information content (AvgIpc) is 2.95. The van der Waals surface area contributed by atoms with Crippen LogP contribution in [0.2, 0.25) is 0 Å². The number of pyridine rings is 1. The number of carbonyl (C=O) groups is 1. The van der Waals surface area contributed by atoms with E-state index >= 15 is 0 Å². The monoisotopic (exact) mass is 421 g/mol. The molecular formula is C17H22F3N3O6. The molecule has 9 nitrogen and oxygen atoms in total. The Morgan fingerprint density at radius 2 is 1.93 bits per heavy atom. The molecule has 162 valence electrons. The number of urea groups is 1. The van der Waals surface area contributed by atoms with Gasteiger partial charge in [0.1, 0.15) is 18.0 Å². The summed E-state index contributed by atoms with van der Waals surface area (Å²) in [6, 6.07) is 0.851. The second-order valence-corrected chi connectivity index (χ2v) is 7.21. The van der Waals surface area contributed by atoms with Crippen molar-refractivity contribution < 1.29 is 43.1 Å². The molecule has 1 aliphatic carbocycles. The van der Waals surface area contributed by atoms with Crippen molar-refractivity contribution in [1.29, 1.82) is 0 Å². The van der Waals surface area contributed by atoms with Crippen molar-refractivity contribution in [1.82, 2.24) is 9.88 Å². The number of likely N-dealkylation sites (N-methyl/N-ethyl adjacent to an activating group) is 1. The van der Waals surface area contributed by atoms with Gasteiger partial charge in [0.15, 0.2) is 6.23 Å². The van der Waals surface area contributed by atoms with Gasteiger partial charge in [-0.1, -0.05) is 0 Å². The number of aromatic nitrogens is 1. The van der Waals surface area contributed by atoms with Crippen LogP contribution in [0.4, 0.5) is 23.8 Å². The molecule has 0 radical (unpaired) electrons. The zero-order valence-electron chi connectivity index (χ0n) is 15.4. The summed E-state index contributed by atoms with van der Waals surface area (Å²) >= 11 is 0. The lowest BCUT2D eigenvalue weighted by molar-refractivity contribution is -0.188. The van der Waals surface area contributed by atoms with Crippen molar-refractivity contribution in [3.8, 4) is 0 Å². The number of rotatable bonds is 4. The Kier molecular flexibility index (Phi) is 6.01. The van der Waals surface area contributed by atoms with Crippen molar-refractivity contribution in [3.05, 3.63) is 23.9 Å². The van der Waals surface area contributed by atoms with Gasteiger partial charge in [0, 0.05) is 25.8 Å². The highest BCUT2D eigenvalue weighted by molar-refractivity contribution is 5.93. The molecule has 12 heteroatoms. The number of hydrogen-bond acceptors (Lipinski definition) is 7. The zero-order chi connectivity index (χ0) is 21.5. The molecule has 1 aromatic rings. The molecule has 1 aliphatic heterocycles. The third kappa shape index (κ3) is 4.16. The summed E-state index contributed by atoms with van der Waals surface area (Å²) < 4.78 is 44.8. The molecule has 1 saturated carbocycles. The molecule has 2 heterocycles. The number of carbonyl (C=O) groups excluding carboxylic acids is 1. The van der Waals surface area contributed by atoms with Crippen LogP contribution in [0, 0.1) is 5.92 Å². The Bertz CT molecular complexity index is 749. The van der Waals surface area contributed by atoms with E-state index in [1.807, 2.05) is 0 Å². The van der Waals surface area contributed by atoms with Crippen LogP contribution in [0.1, 0.15) is 12.0 Å². The van der Waals surface area contributed by atoms with E-state index in [9.17, 15) is 38.4 Å². The number of alkyl halides is 3. The molecule has 3 rings (SSSR count). The van der Waals surface area contributed by atoms with Crippen molar-refractivity contribution in [3.63, 3.8) is 0 Å². The van der Waals surface area contributed by atoms with Crippen LogP contribution < -0.4 is 4.90 Å². The van der Waals surface area contributed by atoms with Gasteiger partial charge in [-0.3, -0.25) is 0 Å². The zero-order valence-corrected chi connectivity index (χ0v) is 15.4. The van der Waals surface area contributed by atoms with E-state index in [-0.39, 0.29) is 18.8 Å². The molecule has 1 aromatic heterocycles. The van der Waals surface area contributed by atoms with E-state index in [0.29, 0.717) is 0 Å². The standard InChI is InChI=1S/C17H22F3N3O6/c1-22-6-12(29-10-4-8(7-24)13(25)15(27)14(10)26)23(16(22)28)11-5-9(2-3-21-11)17(18,19)20/h2-3,5,8,10,12-15,24-27H,4,6-7H2,1H3/t8-,10+,12-,13-,14+,15+/m1/s1. The number of aliphatic hydroxyl groups is 4. The van der Waals surface area contributed by atoms with Gasteiger partial charge in [0.2, 0.25) is 0 Å². The second-order valence-electron chi connectivity index (χ2n) is 7.21. The molecule has 0 spiro atoms. The summed E-state index contributed by atoms with van der Waals surface area (Å²) in [6.07, 6.45) is -10.3. The Hall–Kier alpha value is -1.99. The van der Waals surface area contributed by atoms with E-state index < -0.39 is 60.9 Å². The first-order valence-corrected chi connectivity index (χ1v) is 8.92. The number of ether oxygens (including phenoxy) is 1. The molecule has 29 heavy (non-hydrogen) atoms. The molecule has 4 N–H and O–H groups in total. The number of amides is 2. The second kappa shape index (κ2) is 8.03. The third-order valence-electron chi connectivity index (χ3n) is 5.24. The van der Waals surface area contributed by atoms with Gasteiger partial charge in [0.05, 0.1) is 24.3 Å². The predicted octanol–water partition coefficient (Wildman–Crippen LogP) is -0.222. The van der Waals surface area contributed by atoms with Gasteiger partial charge in [-0.05, 0) is 18.6 Å². The van der Waals surface area contributed by atoms with Crippen molar-refractivity contribution >= 4 is 11.8 Å². The highest BCUT2D eigenvalue weighted by Crippen LogP contribution is 2.34. The van der Waals surface area contributed by atoms with Crippen LogP contribution >= 0.6 is 0 Å². The lowest BCUT2D eigenvalue weighted by Crippen LogP contribution is -2.56.